The number of thiophene rings is 1. The highest BCUT2D eigenvalue weighted by molar-refractivity contribution is 7.17. The van der Waals surface area contributed by atoms with Crippen LogP contribution >= 0.6 is 11.3 Å². The number of rotatable bonds is 3. The molecule has 0 atom stereocenters. The SMILES string of the molecule is Nc1ccccc1OCc1csc2ccccc12. The molecule has 0 saturated carbocycles. The Morgan fingerprint density at radius 1 is 1.00 bits per heavy atom. The summed E-state index contributed by atoms with van der Waals surface area (Å²) in [6.07, 6.45) is 0. The fraction of sp³-hybridized carbons (Fsp3) is 0.0667. The molecular formula is C15H13NOS. The average molecular weight is 255 g/mol. The molecule has 2 aromatic carbocycles. The van der Waals surface area contributed by atoms with E-state index in [4.69, 9.17) is 10.5 Å². The van der Waals surface area contributed by atoms with Crippen molar-refractivity contribution < 1.29 is 4.74 Å². The molecule has 90 valence electrons. The van der Waals surface area contributed by atoms with E-state index in [1.54, 1.807) is 11.3 Å². The quantitative estimate of drug-likeness (QED) is 0.716. The predicted molar refractivity (Wildman–Crippen MR) is 77.0 cm³/mol. The van der Waals surface area contributed by atoms with Crippen LogP contribution in [0.25, 0.3) is 10.1 Å². The topological polar surface area (TPSA) is 35.2 Å². The zero-order chi connectivity index (χ0) is 12.4. The monoisotopic (exact) mass is 255 g/mol. The van der Waals surface area contributed by atoms with Gasteiger partial charge in [-0.2, -0.15) is 0 Å². The van der Waals surface area contributed by atoms with E-state index >= 15 is 0 Å². The predicted octanol–water partition coefficient (Wildman–Crippen LogP) is 4.06. The van der Waals surface area contributed by atoms with Gasteiger partial charge in [0.15, 0.2) is 0 Å². The molecule has 2 N–H and O–H groups in total. The highest BCUT2D eigenvalue weighted by Gasteiger charge is 2.05. The van der Waals surface area contributed by atoms with E-state index in [1.165, 1.54) is 15.6 Å². The van der Waals surface area contributed by atoms with Crippen molar-refractivity contribution in [3.8, 4) is 5.75 Å². The van der Waals surface area contributed by atoms with Crippen molar-refractivity contribution in [2.24, 2.45) is 0 Å². The van der Waals surface area contributed by atoms with Crippen molar-refractivity contribution in [2.45, 2.75) is 6.61 Å². The summed E-state index contributed by atoms with van der Waals surface area (Å²) in [5.41, 5.74) is 7.74. The van der Waals surface area contributed by atoms with Gasteiger partial charge in [-0.05, 0) is 29.0 Å². The third-order valence-electron chi connectivity index (χ3n) is 2.86. The van der Waals surface area contributed by atoms with Gasteiger partial charge in [-0.1, -0.05) is 30.3 Å². The van der Waals surface area contributed by atoms with Crippen LogP contribution in [0.15, 0.2) is 53.9 Å². The Kier molecular flexibility index (Phi) is 2.90. The Morgan fingerprint density at radius 2 is 1.78 bits per heavy atom. The Balaban J connectivity index is 1.83. The number of fused-ring (bicyclic) bond motifs is 1. The summed E-state index contributed by atoms with van der Waals surface area (Å²) in [5, 5.41) is 3.40. The van der Waals surface area contributed by atoms with E-state index < -0.39 is 0 Å². The van der Waals surface area contributed by atoms with Crippen LogP contribution in [-0.4, -0.2) is 0 Å². The molecule has 0 amide bonds. The molecule has 2 nitrogen and oxygen atoms in total. The maximum atomic E-state index is 5.85. The summed E-state index contributed by atoms with van der Waals surface area (Å²) in [5.74, 6) is 0.743. The van der Waals surface area contributed by atoms with Gasteiger partial charge in [0.1, 0.15) is 12.4 Å². The fourth-order valence-electron chi connectivity index (χ4n) is 1.91. The number of hydrogen-bond acceptors (Lipinski definition) is 3. The first kappa shape index (κ1) is 11.1. The van der Waals surface area contributed by atoms with Gasteiger partial charge in [0.25, 0.3) is 0 Å². The second-order valence-electron chi connectivity index (χ2n) is 4.08. The van der Waals surface area contributed by atoms with Gasteiger partial charge in [0.2, 0.25) is 0 Å². The van der Waals surface area contributed by atoms with Crippen molar-refractivity contribution in [1.29, 1.82) is 0 Å². The minimum atomic E-state index is 0.554. The molecule has 18 heavy (non-hydrogen) atoms. The molecule has 0 radical (unpaired) electrons. The molecule has 3 aromatic rings. The van der Waals surface area contributed by atoms with Crippen LogP contribution < -0.4 is 10.5 Å². The molecule has 1 heterocycles. The van der Waals surface area contributed by atoms with Crippen LogP contribution in [-0.2, 0) is 6.61 Å². The number of anilines is 1. The summed E-state index contributed by atoms with van der Waals surface area (Å²) >= 11 is 1.74. The Morgan fingerprint density at radius 3 is 2.67 bits per heavy atom. The van der Waals surface area contributed by atoms with Crippen LogP contribution in [0.2, 0.25) is 0 Å². The van der Waals surface area contributed by atoms with Gasteiger partial charge in [-0.25, -0.2) is 0 Å². The number of ether oxygens (including phenoxy) is 1. The number of hydrogen-bond donors (Lipinski definition) is 1. The average Bonchev–Trinajstić information content (AvgIpc) is 2.81. The van der Waals surface area contributed by atoms with Gasteiger partial charge >= 0.3 is 0 Å². The van der Waals surface area contributed by atoms with Crippen molar-refractivity contribution in [1.82, 2.24) is 0 Å². The van der Waals surface area contributed by atoms with Crippen LogP contribution in [0.4, 0.5) is 5.69 Å². The highest BCUT2D eigenvalue weighted by atomic mass is 32.1. The highest BCUT2D eigenvalue weighted by Crippen LogP contribution is 2.28. The van der Waals surface area contributed by atoms with E-state index in [1.807, 2.05) is 24.3 Å². The molecule has 0 saturated heterocycles. The summed E-state index contributed by atoms with van der Waals surface area (Å²) in [4.78, 5) is 0. The van der Waals surface area contributed by atoms with Crippen molar-refractivity contribution in [3.05, 3.63) is 59.5 Å². The minimum Gasteiger partial charge on any atom is -0.487 e. The molecule has 0 aliphatic heterocycles. The van der Waals surface area contributed by atoms with Crippen LogP contribution in [0.5, 0.6) is 5.75 Å². The molecule has 0 aliphatic rings. The van der Waals surface area contributed by atoms with Crippen LogP contribution in [0.1, 0.15) is 5.56 Å². The largest absolute Gasteiger partial charge is 0.487 e. The van der Waals surface area contributed by atoms with E-state index in [2.05, 4.69) is 29.6 Å². The molecule has 3 rings (SSSR count). The second kappa shape index (κ2) is 4.70. The Labute approximate surface area is 110 Å². The molecule has 0 spiro atoms. The fourth-order valence-corrected chi connectivity index (χ4v) is 2.86. The molecule has 0 unspecified atom stereocenters. The van der Waals surface area contributed by atoms with Gasteiger partial charge in [0, 0.05) is 10.3 Å². The first-order chi connectivity index (χ1) is 8.84. The van der Waals surface area contributed by atoms with E-state index in [9.17, 15) is 0 Å². The molecule has 1 aromatic heterocycles. The Bertz CT molecular complexity index is 675. The molecule has 3 heteroatoms. The lowest BCUT2D eigenvalue weighted by molar-refractivity contribution is 0.310. The van der Waals surface area contributed by atoms with Gasteiger partial charge in [-0.15, -0.1) is 11.3 Å². The van der Waals surface area contributed by atoms with Gasteiger partial charge in [0.05, 0.1) is 5.69 Å². The lowest BCUT2D eigenvalue weighted by Gasteiger charge is -2.07. The molecular weight excluding hydrogens is 242 g/mol. The summed E-state index contributed by atoms with van der Waals surface area (Å²) in [6.45, 7) is 0.554. The third kappa shape index (κ3) is 2.05. The maximum absolute atomic E-state index is 5.85. The summed E-state index contributed by atoms with van der Waals surface area (Å²) in [7, 11) is 0. The number of nitrogens with two attached hydrogens (primary N) is 1. The number of nitrogen functional groups attached to an aromatic ring is 1. The zero-order valence-electron chi connectivity index (χ0n) is 9.80. The van der Waals surface area contributed by atoms with E-state index in [0.29, 0.717) is 12.3 Å². The first-order valence-electron chi connectivity index (χ1n) is 5.77. The van der Waals surface area contributed by atoms with Crippen LogP contribution in [0.3, 0.4) is 0 Å². The number of benzene rings is 2. The number of para-hydroxylation sites is 2. The molecule has 0 fully saturated rings. The normalized spacial score (nSPS) is 10.7. The Hall–Kier alpha value is -2.00. The standard InChI is InChI=1S/C15H13NOS/c16-13-6-2-3-7-14(13)17-9-11-10-18-15-8-4-1-5-12(11)15/h1-8,10H,9,16H2. The second-order valence-corrected chi connectivity index (χ2v) is 4.99. The van der Waals surface area contributed by atoms with E-state index in [-0.39, 0.29) is 0 Å². The van der Waals surface area contributed by atoms with Crippen molar-refractivity contribution in [3.63, 3.8) is 0 Å². The van der Waals surface area contributed by atoms with Gasteiger partial charge in [-0.3, -0.25) is 0 Å². The van der Waals surface area contributed by atoms with Crippen molar-refractivity contribution >= 4 is 27.1 Å². The van der Waals surface area contributed by atoms with Crippen LogP contribution in [0, 0.1) is 0 Å². The lowest BCUT2D eigenvalue weighted by atomic mass is 10.2. The lowest BCUT2D eigenvalue weighted by Crippen LogP contribution is -1.97. The third-order valence-corrected chi connectivity index (χ3v) is 3.88. The smallest absolute Gasteiger partial charge is 0.142 e. The summed E-state index contributed by atoms with van der Waals surface area (Å²) in [6, 6.07) is 15.9. The minimum absolute atomic E-state index is 0.554. The molecule has 0 aliphatic carbocycles. The molecule has 0 bridgehead atoms. The maximum Gasteiger partial charge on any atom is 0.142 e. The van der Waals surface area contributed by atoms with Gasteiger partial charge < -0.3 is 10.5 Å². The van der Waals surface area contributed by atoms with Crippen molar-refractivity contribution in [2.75, 3.05) is 5.73 Å². The first-order valence-corrected chi connectivity index (χ1v) is 6.65. The summed E-state index contributed by atoms with van der Waals surface area (Å²) < 4.78 is 7.06. The zero-order valence-corrected chi connectivity index (χ0v) is 10.6. The van der Waals surface area contributed by atoms with E-state index in [0.717, 1.165) is 5.75 Å².